The van der Waals surface area contributed by atoms with E-state index >= 15 is 0 Å². The molecule has 0 saturated carbocycles. The second kappa shape index (κ2) is 5.63. The lowest BCUT2D eigenvalue weighted by molar-refractivity contribution is -0.114. The van der Waals surface area contributed by atoms with Gasteiger partial charge in [-0.25, -0.2) is 0 Å². The summed E-state index contributed by atoms with van der Waals surface area (Å²) in [6, 6.07) is 16.0. The zero-order chi connectivity index (χ0) is 13.9. The van der Waals surface area contributed by atoms with Gasteiger partial charge >= 0.3 is 0 Å². The van der Waals surface area contributed by atoms with Gasteiger partial charge in [0.1, 0.15) is 0 Å². The summed E-state index contributed by atoms with van der Waals surface area (Å²) in [5, 5.41) is 0. The number of para-hydroxylation sites is 1. The lowest BCUT2D eigenvalue weighted by Gasteiger charge is -2.14. The number of benzene rings is 2. The van der Waals surface area contributed by atoms with E-state index < -0.39 is 0 Å². The second-order valence-electron chi connectivity index (χ2n) is 4.76. The van der Waals surface area contributed by atoms with E-state index in [-0.39, 0.29) is 5.91 Å². The van der Waals surface area contributed by atoms with Crippen molar-refractivity contribution in [3.8, 4) is 0 Å². The van der Waals surface area contributed by atoms with Gasteiger partial charge in [-0.05, 0) is 41.8 Å². The Morgan fingerprint density at radius 3 is 2.85 bits per heavy atom. The highest BCUT2D eigenvalue weighted by Crippen LogP contribution is 2.27. The SMILES string of the molecule is O=C(/C=C/c1cccc(Br)c1)N1CCc2ccccc21. The number of fused-ring (bicyclic) bond motifs is 1. The molecule has 1 aliphatic heterocycles. The third kappa shape index (κ3) is 2.68. The molecule has 0 aliphatic carbocycles. The van der Waals surface area contributed by atoms with Gasteiger partial charge in [0.05, 0.1) is 0 Å². The molecule has 0 radical (unpaired) electrons. The van der Waals surface area contributed by atoms with Gasteiger partial charge in [0.15, 0.2) is 0 Å². The van der Waals surface area contributed by atoms with Gasteiger partial charge in [-0.3, -0.25) is 4.79 Å². The fraction of sp³-hybridized carbons (Fsp3) is 0.118. The summed E-state index contributed by atoms with van der Waals surface area (Å²) in [6.07, 6.45) is 4.44. The van der Waals surface area contributed by atoms with Crippen molar-refractivity contribution in [2.45, 2.75) is 6.42 Å². The maximum atomic E-state index is 12.3. The molecule has 2 aromatic carbocycles. The molecule has 0 atom stereocenters. The van der Waals surface area contributed by atoms with Crippen LogP contribution in [0.15, 0.2) is 59.1 Å². The summed E-state index contributed by atoms with van der Waals surface area (Å²) in [7, 11) is 0. The Morgan fingerprint density at radius 2 is 2.00 bits per heavy atom. The van der Waals surface area contributed by atoms with E-state index in [9.17, 15) is 4.79 Å². The minimum Gasteiger partial charge on any atom is -0.308 e. The molecular formula is C17H14BrNO. The molecule has 1 amide bonds. The summed E-state index contributed by atoms with van der Waals surface area (Å²) in [4.78, 5) is 14.1. The van der Waals surface area contributed by atoms with Crippen LogP contribution in [0.4, 0.5) is 5.69 Å². The first-order chi connectivity index (χ1) is 9.74. The average Bonchev–Trinajstić information content (AvgIpc) is 2.89. The quantitative estimate of drug-likeness (QED) is 0.762. The summed E-state index contributed by atoms with van der Waals surface area (Å²) < 4.78 is 1.01. The zero-order valence-electron chi connectivity index (χ0n) is 10.9. The van der Waals surface area contributed by atoms with Crippen LogP contribution in [-0.4, -0.2) is 12.5 Å². The Balaban J connectivity index is 1.78. The van der Waals surface area contributed by atoms with Crippen LogP contribution in [0.1, 0.15) is 11.1 Å². The van der Waals surface area contributed by atoms with Crippen molar-refractivity contribution in [3.63, 3.8) is 0 Å². The number of halogens is 1. The molecule has 20 heavy (non-hydrogen) atoms. The third-order valence-electron chi connectivity index (χ3n) is 3.42. The van der Waals surface area contributed by atoms with Crippen molar-refractivity contribution in [3.05, 3.63) is 70.2 Å². The number of amides is 1. The third-order valence-corrected chi connectivity index (χ3v) is 3.91. The van der Waals surface area contributed by atoms with E-state index in [2.05, 4.69) is 22.0 Å². The highest BCUT2D eigenvalue weighted by atomic mass is 79.9. The zero-order valence-corrected chi connectivity index (χ0v) is 12.5. The summed E-state index contributed by atoms with van der Waals surface area (Å²) >= 11 is 3.43. The number of hydrogen-bond acceptors (Lipinski definition) is 1. The molecule has 1 aliphatic rings. The Morgan fingerprint density at radius 1 is 1.15 bits per heavy atom. The number of anilines is 1. The maximum absolute atomic E-state index is 12.3. The van der Waals surface area contributed by atoms with Crippen LogP contribution in [0.3, 0.4) is 0 Å². The van der Waals surface area contributed by atoms with Crippen molar-refractivity contribution in [1.29, 1.82) is 0 Å². The lowest BCUT2D eigenvalue weighted by Crippen LogP contribution is -2.26. The van der Waals surface area contributed by atoms with Gasteiger partial charge in [0, 0.05) is 22.8 Å². The van der Waals surface area contributed by atoms with Gasteiger partial charge in [0.25, 0.3) is 5.91 Å². The first-order valence-corrected chi connectivity index (χ1v) is 7.36. The normalized spacial score (nSPS) is 13.8. The molecule has 0 spiro atoms. The monoisotopic (exact) mass is 327 g/mol. The van der Waals surface area contributed by atoms with Crippen LogP contribution in [0.5, 0.6) is 0 Å². The molecule has 0 unspecified atom stereocenters. The fourth-order valence-corrected chi connectivity index (χ4v) is 2.85. The molecule has 0 N–H and O–H groups in total. The van der Waals surface area contributed by atoms with E-state index in [1.807, 2.05) is 53.4 Å². The van der Waals surface area contributed by atoms with Crippen molar-refractivity contribution >= 4 is 33.6 Å². The second-order valence-corrected chi connectivity index (χ2v) is 5.67. The molecule has 3 rings (SSSR count). The number of carbonyl (C=O) groups is 1. The number of carbonyl (C=O) groups excluding carboxylic acids is 1. The Labute approximate surface area is 126 Å². The van der Waals surface area contributed by atoms with Crippen LogP contribution in [0.2, 0.25) is 0 Å². The van der Waals surface area contributed by atoms with Crippen LogP contribution in [0, 0.1) is 0 Å². The molecule has 2 nitrogen and oxygen atoms in total. The highest BCUT2D eigenvalue weighted by molar-refractivity contribution is 9.10. The van der Waals surface area contributed by atoms with E-state index in [4.69, 9.17) is 0 Å². The molecule has 3 heteroatoms. The molecule has 0 fully saturated rings. The van der Waals surface area contributed by atoms with Gasteiger partial charge < -0.3 is 4.90 Å². The van der Waals surface area contributed by atoms with Crippen molar-refractivity contribution < 1.29 is 4.79 Å². The van der Waals surface area contributed by atoms with E-state index in [1.165, 1.54) is 5.56 Å². The van der Waals surface area contributed by atoms with E-state index in [1.54, 1.807) is 6.08 Å². The van der Waals surface area contributed by atoms with E-state index in [0.717, 1.165) is 28.7 Å². The topological polar surface area (TPSA) is 20.3 Å². The average molecular weight is 328 g/mol. The van der Waals surface area contributed by atoms with Gasteiger partial charge in [-0.1, -0.05) is 46.3 Å². The smallest absolute Gasteiger partial charge is 0.251 e. The molecular weight excluding hydrogens is 314 g/mol. The summed E-state index contributed by atoms with van der Waals surface area (Å²) in [6.45, 7) is 0.765. The van der Waals surface area contributed by atoms with Crippen LogP contribution in [0.25, 0.3) is 6.08 Å². The van der Waals surface area contributed by atoms with Crippen LogP contribution in [-0.2, 0) is 11.2 Å². The van der Waals surface area contributed by atoms with Gasteiger partial charge in [-0.2, -0.15) is 0 Å². The minimum absolute atomic E-state index is 0.0370. The van der Waals surface area contributed by atoms with Crippen molar-refractivity contribution in [2.75, 3.05) is 11.4 Å². The summed E-state index contributed by atoms with van der Waals surface area (Å²) in [5.41, 5.74) is 3.30. The molecule has 100 valence electrons. The Kier molecular flexibility index (Phi) is 3.70. The van der Waals surface area contributed by atoms with Crippen LogP contribution >= 0.6 is 15.9 Å². The van der Waals surface area contributed by atoms with Gasteiger partial charge in [-0.15, -0.1) is 0 Å². The minimum atomic E-state index is 0.0370. The number of rotatable bonds is 2. The van der Waals surface area contributed by atoms with E-state index in [0.29, 0.717) is 0 Å². The number of nitrogens with zero attached hydrogens (tertiary/aromatic N) is 1. The first kappa shape index (κ1) is 13.1. The molecule has 0 bridgehead atoms. The first-order valence-electron chi connectivity index (χ1n) is 6.57. The van der Waals surface area contributed by atoms with Crippen LogP contribution < -0.4 is 4.90 Å². The maximum Gasteiger partial charge on any atom is 0.251 e. The lowest BCUT2D eigenvalue weighted by atomic mass is 10.2. The Hall–Kier alpha value is -1.87. The predicted molar refractivity (Wildman–Crippen MR) is 85.7 cm³/mol. The van der Waals surface area contributed by atoms with Crippen molar-refractivity contribution in [1.82, 2.24) is 0 Å². The molecule has 0 saturated heterocycles. The predicted octanol–water partition coefficient (Wildman–Crippen LogP) is 4.05. The standard InChI is InChI=1S/C17H14BrNO/c18-15-6-3-4-13(12-15)8-9-17(20)19-11-10-14-5-1-2-7-16(14)19/h1-9,12H,10-11H2/b9-8+. The highest BCUT2D eigenvalue weighted by Gasteiger charge is 2.22. The number of hydrogen-bond donors (Lipinski definition) is 0. The molecule has 0 aromatic heterocycles. The Bertz CT molecular complexity index is 678. The largest absolute Gasteiger partial charge is 0.308 e. The summed E-state index contributed by atoms with van der Waals surface area (Å²) in [5.74, 6) is 0.0370. The fourth-order valence-electron chi connectivity index (χ4n) is 2.43. The van der Waals surface area contributed by atoms with Crippen molar-refractivity contribution in [2.24, 2.45) is 0 Å². The molecule has 1 heterocycles. The molecule has 2 aromatic rings. The van der Waals surface area contributed by atoms with Gasteiger partial charge in [0.2, 0.25) is 0 Å².